The molecule has 0 aliphatic carbocycles. The minimum absolute atomic E-state index is 0.234. The first-order valence-corrected chi connectivity index (χ1v) is 9.37. The zero-order chi connectivity index (χ0) is 19.5. The average molecular weight is 374 g/mol. The predicted molar refractivity (Wildman–Crippen MR) is 109 cm³/mol. The normalized spacial score (nSPS) is 15.4. The smallest absolute Gasteiger partial charge is 0.337 e. The summed E-state index contributed by atoms with van der Waals surface area (Å²) in [5.74, 6) is 0.195. The number of ether oxygens (including phenoxy) is 1. The van der Waals surface area contributed by atoms with E-state index in [0.717, 1.165) is 23.3 Å². The highest BCUT2D eigenvalue weighted by atomic mass is 16.5. The number of carboxylic acid groups (broad SMARTS) is 1. The highest BCUT2D eigenvalue weighted by Crippen LogP contribution is 2.37. The van der Waals surface area contributed by atoms with E-state index in [9.17, 15) is 9.90 Å². The quantitative estimate of drug-likeness (QED) is 0.675. The fourth-order valence-corrected chi connectivity index (χ4v) is 3.69. The molecule has 0 saturated carbocycles. The number of fused-ring (bicyclic) bond motifs is 1. The second-order valence-corrected chi connectivity index (χ2v) is 7.01. The van der Waals surface area contributed by atoms with Gasteiger partial charge in [0.25, 0.3) is 0 Å². The Morgan fingerprint density at radius 3 is 2.93 bits per heavy atom. The van der Waals surface area contributed by atoms with E-state index in [0.29, 0.717) is 18.8 Å². The van der Waals surface area contributed by atoms with Crippen LogP contribution in [-0.2, 0) is 0 Å². The van der Waals surface area contributed by atoms with E-state index in [2.05, 4.69) is 47.6 Å². The van der Waals surface area contributed by atoms with Crippen molar-refractivity contribution >= 4 is 11.7 Å². The second-order valence-electron chi connectivity index (χ2n) is 7.01. The van der Waals surface area contributed by atoms with Crippen molar-refractivity contribution in [3.8, 4) is 16.9 Å². The highest BCUT2D eigenvalue weighted by molar-refractivity contribution is 5.93. The summed E-state index contributed by atoms with van der Waals surface area (Å²) in [4.78, 5) is 15.4. The third-order valence-corrected chi connectivity index (χ3v) is 5.22. The largest absolute Gasteiger partial charge is 0.493 e. The van der Waals surface area contributed by atoms with E-state index < -0.39 is 5.97 Å². The van der Waals surface area contributed by atoms with Gasteiger partial charge in [-0.3, -0.25) is 4.98 Å². The fourth-order valence-electron chi connectivity index (χ4n) is 3.69. The van der Waals surface area contributed by atoms with Crippen molar-refractivity contribution in [3.63, 3.8) is 0 Å². The van der Waals surface area contributed by atoms with Gasteiger partial charge in [0.1, 0.15) is 5.75 Å². The number of aryl methyl sites for hydroxylation is 1. The van der Waals surface area contributed by atoms with Crippen LogP contribution in [0.4, 0.5) is 5.69 Å². The third kappa shape index (κ3) is 3.56. The lowest BCUT2D eigenvalue weighted by molar-refractivity contribution is 0.0697. The Morgan fingerprint density at radius 1 is 1.25 bits per heavy atom. The first-order chi connectivity index (χ1) is 13.6. The van der Waals surface area contributed by atoms with Gasteiger partial charge in [0, 0.05) is 18.7 Å². The summed E-state index contributed by atoms with van der Waals surface area (Å²) in [6, 6.07) is 16.2. The van der Waals surface area contributed by atoms with Gasteiger partial charge < -0.3 is 15.2 Å². The van der Waals surface area contributed by atoms with Crippen LogP contribution in [0.1, 0.15) is 33.8 Å². The van der Waals surface area contributed by atoms with Crippen molar-refractivity contribution in [1.29, 1.82) is 0 Å². The van der Waals surface area contributed by atoms with Crippen LogP contribution >= 0.6 is 0 Å². The van der Waals surface area contributed by atoms with Crippen molar-refractivity contribution < 1.29 is 14.6 Å². The summed E-state index contributed by atoms with van der Waals surface area (Å²) in [6.07, 6.45) is 3.93. The van der Waals surface area contributed by atoms with E-state index in [1.807, 2.05) is 12.1 Å². The molecule has 4 rings (SSSR count). The Balaban J connectivity index is 1.57. The van der Waals surface area contributed by atoms with Crippen LogP contribution in [-0.4, -0.2) is 29.2 Å². The molecule has 0 radical (unpaired) electrons. The number of hydrogen-bond acceptors (Lipinski definition) is 4. The first kappa shape index (κ1) is 18.0. The molecule has 3 aromatic rings. The maximum absolute atomic E-state index is 11.4. The van der Waals surface area contributed by atoms with Gasteiger partial charge in [0.2, 0.25) is 0 Å². The van der Waals surface area contributed by atoms with Crippen LogP contribution < -0.4 is 10.1 Å². The van der Waals surface area contributed by atoms with Crippen LogP contribution in [0.3, 0.4) is 0 Å². The van der Waals surface area contributed by atoms with Gasteiger partial charge in [-0.25, -0.2) is 4.79 Å². The maximum Gasteiger partial charge on any atom is 0.337 e. The van der Waals surface area contributed by atoms with Crippen molar-refractivity contribution in [2.75, 3.05) is 18.5 Å². The molecule has 0 amide bonds. The molecule has 28 heavy (non-hydrogen) atoms. The molecule has 1 atom stereocenters. The van der Waals surface area contributed by atoms with Gasteiger partial charge in [-0.15, -0.1) is 0 Å². The number of aromatic nitrogens is 1. The molecule has 142 valence electrons. The molecule has 1 aromatic heterocycles. The molecule has 2 N–H and O–H groups in total. The van der Waals surface area contributed by atoms with Crippen LogP contribution in [0.2, 0.25) is 0 Å². The number of benzene rings is 2. The van der Waals surface area contributed by atoms with Gasteiger partial charge in [-0.05, 0) is 47.7 Å². The predicted octanol–water partition coefficient (Wildman–Crippen LogP) is 4.73. The van der Waals surface area contributed by atoms with E-state index in [-0.39, 0.29) is 11.5 Å². The van der Waals surface area contributed by atoms with Crippen LogP contribution in [0, 0.1) is 6.92 Å². The van der Waals surface area contributed by atoms with Crippen molar-refractivity contribution in [2.45, 2.75) is 19.3 Å². The molecule has 1 unspecified atom stereocenters. The molecular formula is C23H22N2O3. The molecule has 0 saturated heterocycles. The number of rotatable bonds is 5. The zero-order valence-corrected chi connectivity index (χ0v) is 15.7. The number of carboxylic acids is 1. The monoisotopic (exact) mass is 374 g/mol. The maximum atomic E-state index is 11.4. The minimum Gasteiger partial charge on any atom is -0.493 e. The lowest BCUT2D eigenvalue weighted by atomic mass is 9.90. The number of pyridine rings is 1. The highest BCUT2D eigenvalue weighted by Gasteiger charge is 2.22. The summed E-state index contributed by atoms with van der Waals surface area (Å²) in [5.41, 5.74) is 5.50. The third-order valence-electron chi connectivity index (χ3n) is 5.22. The SMILES string of the molecule is Cc1ccccc1-c1ccc2c(c1)OCCC2CNc1cnccc1C(=O)O. The molecule has 1 aliphatic heterocycles. The molecule has 5 heteroatoms. The molecule has 0 bridgehead atoms. The number of carbonyl (C=O) groups is 1. The zero-order valence-electron chi connectivity index (χ0n) is 15.7. The standard InChI is InChI=1S/C23H22N2O3/c1-15-4-2-3-5-18(15)16-6-7-19-17(9-11-28-22(19)12-16)13-25-21-14-24-10-8-20(21)23(26)27/h2-8,10,12,14,17,25H,9,11,13H2,1H3,(H,26,27). The number of anilines is 1. The van der Waals surface area contributed by atoms with Crippen LogP contribution in [0.25, 0.3) is 11.1 Å². The van der Waals surface area contributed by atoms with E-state index >= 15 is 0 Å². The van der Waals surface area contributed by atoms with Crippen molar-refractivity contribution in [3.05, 3.63) is 77.6 Å². The van der Waals surface area contributed by atoms with E-state index in [1.165, 1.54) is 23.4 Å². The topological polar surface area (TPSA) is 71.5 Å². The molecule has 2 aromatic carbocycles. The molecule has 0 fully saturated rings. The number of nitrogens with zero attached hydrogens (tertiary/aromatic N) is 1. The fraction of sp³-hybridized carbons (Fsp3) is 0.217. The summed E-state index contributed by atoms with van der Waals surface area (Å²) >= 11 is 0. The Hall–Kier alpha value is -3.34. The molecule has 1 aliphatic rings. The van der Waals surface area contributed by atoms with Gasteiger partial charge in [-0.2, -0.15) is 0 Å². The van der Waals surface area contributed by atoms with Crippen molar-refractivity contribution in [1.82, 2.24) is 4.98 Å². The van der Waals surface area contributed by atoms with Crippen molar-refractivity contribution in [2.24, 2.45) is 0 Å². The van der Waals surface area contributed by atoms with Gasteiger partial charge in [0.15, 0.2) is 0 Å². The molecule has 2 heterocycles. The van der Waals surface area contributed by atoms with Crippen LogP contribution in [0.15, 0.2) is 60.9 Å². The Morgan fingerprint density at radius 2 is 2.11 bits per heavy atom. The summed E-state index contributed by atoms with van der Waals surface area (Å²) in [7, 11) is 0. The molecular weight excluding hydrogens is 352 g/mol. The summed E-state index contributed by atoms with van der Waals surface area (Å²) in [6.45, 7) is 3.39. The Kier molecular flexibility index (Phi) is 4.98. The molecule has 5 nitrogen and oxygen atoms in total. The molecule has 0 spiro atoms. The Labute approximate surface area is 164 Å². The lowest BCUT2D eigenvalue weighted by Gasteiger charge is -2.27. The van der Waals surface area contributed by atoms with Crippen LogP contribution in [0.5, 0.6) is 5.75 Å². The number of aromatic carboxylic acids is 1. The van der Waals surface area contributed by atoms with Gasteiger partial charge >= 0.3 is 5.97 Å². The number of nitrogens with one attached hydrogen (secondary N) is 1. The number of hydrogen-bond donors (Lipinski definition) is 2. The Bertz CT molecular complexity index is 1020. The summed E-state index contributed by atoms with van der Waals surface area (Å²) < 4.78 is 5.94. The van der Waals surface area contributed by atoms with Gasteiger partial charge in [0.05, 0.1) is 24.1 Å². The average Bonchev–Trinajstić information content (AvgIpc) is 2.72. The first-order valence-electron chi connectivity index (χ1n) is 9.37. The van der Waals surface area contributed by atoms with E-state index in [1.54, 1.807) is 6.20 Å². The second kappa shape index (κ2) is 7.72. The summed E-state index contributed by atoms with van der Waals surface area (Å²) in [5, 5.41) is 12.6. The lowest BCUT2D eigenvalue weighted by Crippen LogP contribution is -2.21. The minimum atomic E-state index is -0.958. The van der Waals surface area contributed by atoms with E-state index in [4.69, 9.17) is 4.74 Å². The van der Waals surface area contributed by atoms with Gasteiger partial charge in [-0.1, -0.05) is 36.4 Å².